The fourth-order valence-electron chi connectivity index (χ4n) is 2.26. The number of thiophene rings is 1. The van der Waals surface area contributed by atoms with E-state index in [2.05, 4.69) is 0 Å². The zero-order valence-corrected chi connectivity index (χ0v) is 13.2. The van der Waals surface area contributed by atoms with Crippen molar-refractivity contribution >= 4 is 27.3 Å². The second kappa shape index (κ2) is 6.24. The average molecular weight is 316 g/mol. The van der Waals surface area contributed by atoms with Crippen molar-refractivity contribution < 1.29 is 13.2 Å². The maximum absolute atomic E-state index is 12.2. The summed E-state index contributed by atoms with van der Waals surface area (Å²) in [6.45, 7) is 3.49. The van der Waals surface area contributed by atoms with Crippen molar-refractivity contribution in [3.63, 3.8) is 0 Å². The lowest BCUT2D eigenvalue weighted by molar-refractivity contribution is -0.131. The highest BCUT2D eigenvalue weighted by molar-refractivity contribution is 7.91. The molecule has 1 aromatic heterocycles. The normalized spacial score (nSPS) is 15.9. The van der Waals surface area contributed by atoms with E-state index in [1.807, 2.05) is 11.8 Å². The van der Waals surface area contributed by atoms with E-state index in [-0.39, 0.29) is 16.5 Å². The minimum absolute atomic E-state index is 0.0576. The van der Waals surface area contributed by atoms with E-state index in [0.717, 1.165) is 22.8 Å². The van der Waals surface area contributed by atoms with Crippen LogP contribution in [0.2, 0.25) is 0 Å². The molecule has 1 heterocycles. The van der Waals surface area contributed by atoms with Crippen molar-refractivity contribution in [3.05, 3.63) is 17.0 Å². The number of primary sulfonamides is 1. The van der Waals surface area contributed by atoms with Crippen LogP contribution in [0.1, 0.15) is 31.1 Å². The highest BCUT2D eigenvalue weighted by atomic mass is 32.2. The number of nitrogens with two attached hydrogens (primary N) is 1. The van der Waals surface area contributed by atoms with Gasteiger partial charge in [-0.1, -0.05) is 6.42 Å². The molecule has 2 rings (SSSR count). The molecule has 20 heavy (non-hydrogen) atoms. The third-order valence-corrected chi connectivity index (χ3v) is 6.20. The van der Waals surface area contributed by atoms with Crippen LogP contribution in [0.3, 0.4) is 0 Å². The molecule has 1 aromatic rings. The quantitative estimate of drug-likeness (QED) is 0.865. The minimum Gasteiger partial charge on any atom is -0.342 e. The van der Waals surface area contributed by atoms with Gasteiger partial charge in [0.1, 0.15) is 4.21 Å². The lowest BCUT2D eigenvalue weighted by atomic mass is 9.85. The molecule has 0 aromatic carbocycles. The van der Waals surface area contributed by atoms with E-state index >= 15 is 0 Å². The van der Waals surface area contributed by atoms with E-state index in [9.17, 15) is 13.2 Å². The Morgan fingerprint density at radius 1 is 1.45 bits per heavy atom. The van der Waals surface area contributed by atoms with Gasteiger partial charge in [-0.05, 0) is 37.8 Å². The molecule has 1 aliphatic carbocycles. The molecule has 0 bridgehead atoms. The monoisotopic (exact) mass is 316 g/mol. The number of nitrogens with zero attached hydrogens (tertiary/aromatic N) is 1. The average Bonchev–Trinajstić information content (AvgIpc) is 2.75. The number of likely N-dealkylation sites (N-methyl/N-ethyl adjacent to an activating group) is 1. The number of hydrogen-bond acceptors (Lipinski definition) is 4. The van der Waals surface area contributed by atoms with E-state index < -0.39 is 10.0 Å². The molecule has 0 spiro atoms. The Morgan fingerprint density at radius 3 is 2.60 bits per heavy atom. The Labute approximate surface area is 123 Å². The molecule has 7 heteroatoms. The fourth-order valence-corrected chi connectivity index (χ4v) is 4.03. The molecule has 2 N–H and O–H groups in total. The zero-order chi connectivity index (χ0) is 14.8. The first-order valence-corrected chi connectivity index (χ1v) is 9.15. The summed E-state index contributed by atoms with van der Waals surface area (Å²) >= 11 is 1.07. The van der Waals surface area contributed by atoms with Gasteiger partial charge in [0.25, 0.3) is 0 Å². The van der Waals surface area contributed by atoms with Crippen molar-refractivity contribution in [2.75, 3.05) is 13.1 Å². The molecule has 1 amide bonds. The summed E-state index contributed by atoms with van der Waals surface area (Å²) < 4.78 is 22.5. The Bertz CT molecular complexity index is 576. The summed E-state index contributed by atoms with van der Waals surface area (Å²) in [5.74, 6) is 0.699. The minimum atomic E-state index is -3.66. The Hall–Kier alpha value is -0.920. The maximum Gasteiger partial charge on any atom is 0.247 e. The molecule has 1 saturated carbocycles. The molecular weight excluding hydrogens is 296 g/mol. The van der Waals surface area contributed by atoms with Crippen LogP contribution in [0, 0.1) is 5.92 Å². The molecule has 0 radical (unpaired) electrons. The molecule has 0 unspecified atom stereocenters. The second-order valence-corrected chi connectivity index (χ2v) is 8.13. The van der Waals surface area contributed by atoms with Crippen LogP contribution in [0.15, 0.2) is 16.3 Å². The SMILES string of the molecule is CCN(CC1CCC1)C(=O)Cc1ccc(S(N)(=O)=O)s1. The fraction of sp³-hybridized carbons (Fsp3) is 0.615. The van der Waals surface area contributed by atoms with E-state index in [1.54, 1.807) is 6.07 Å². The van der Waals surface area contributed by atoms with Gasteiger partial charge >= 0.3 is 0 Å². The Morgan fingerprint density at radius 2 is 2.15 bits per heavy atom. The maximum atomic E-state index is 12.2. The van der Waals surface area contributed by atoms with Gasteiger partial charge in [0, 0.05) is 18.0 Å². The van der Waals surface area contributed by atoms with Crippen molar-refractivity contribution in [2.45, 2.75) is 36.8 Å². The largest absolute Gasteiger partial charge is 0.342 e. The molecule has 0 saturated heterocycles. The van der Waals surface area contributed by atoms with Crippen molar-refractivity contribution in [1.29, 1.82) is 0 Å². The number of sulfonamides is 1. The highest BCUT2D eigenvalue weighted by Gasteiger charge is 2.23. The third-order valence-electron chi connectivity index (χ3n) is 3.68. The molecular formula is C13H20N2O3S2. The number of amides is 1. The molecule has 112 valence electrons. The second-order valence-electron chi connectivity index (χ2n) is 5.17. The van der Waals surface area contributed by atoms with Crippen LogP contribution in [0.25, 0.3) is 0 Å². The van der Waals surface area contributed by atoms with Gasteiger partial charge in [-0.2, -0.15) is 0 Å². The number of rotatable bonds is 6. The van der Waals surface area contributed by atoms with Gasteiger partial charge in [-0.25, -0.2) is 13.6 Å². The van der Waals surface area contributed by atoms with Gasteiger partial charge in [0.15, 0.2) is 0 Å². The van der Waals surface area contributed by atoms with Gasteiger partial charge < -0.3 is 4.90 Å². The van der Waals surface area contributed by atoms with Gasteiger partial charge in [0.2, 0.25) is 15.9 Å². The van der Waals surface area contributed by atoms with Crippen LogP contribution in [-0.2, 0) is 21.2 Å². The first-order valence-electron chi connectivity index (χ1n) is 6.79. The molecule has 0 atom stereocenters. The van der Waals surface area contributed by atoms with Crippen LogP contribution < -0.4 is 5.14 Å². The zero-order valence-electron chi connectivity index (χ0n) is 11.5. The lowest BCUT2D eigenvalue weighted by Gasteiger charge is -2.31. The van der Waals surface area contributed by atoms with Crippen LogP contribution >= 0.6 is 11.3 Å². The van der Waals surface area contributed by atoms with Crippen LogP contribution in [0.4, 0.5) is 0 Å². The number of hydrogen-bond donors (Lipinski definition) is 1. The predicted molar refractivity (Wildman–Crippen MR) is 79.0 cm³/mol. The highest BCUT2D eigenvalue weighted by Crippen LogP contribution is 2.27. The molecule has 5 nitrogen and oxygen atoms in total. The standard InChI is InChI=1S/C13H20N2O3S2/c1-2-15(9-10-4-3-5-10)12(16)8-11-6-7-13(19-11)20(14,17)18/h6-7,10H,2-5,8-9H2,1H3,(H2,14,17,18). The Kier molecular flexibility index (Phi) is 4.82. The van der Waals surface area contributed by atoms with E-state index in [0.29, 0.717) is 12.5 Å². The molecule has 1 aliphatic rings. The van der Waals surface area contributed by atoms with Gasteiger partial charge in [-0.15, -0.1) is 11.3 Å². The van der Waals surface area contributed by atoms with Crippen molar-refractivity contribution in [3.8, 4) is 0 Å². The van der Waals surface area contributed by atoms with Crippen molar-refractivity contribution in [2.24, 2.45) is 11.1 Å². The summed E-state index contributed by atoms with van der Waals surface area (Å²) in [7, 11) is -3.66. The third kappa shape index (κ3) is 3.80. The number of carbonyl (C=O) groups is 1. The van der Waals surface area contributed by atoms with E-state index in [4.69, 9.17) is 5.14 Å². The lowest BCUT2D eigenvalue weighted by Crippen LogP contribution is -2.38. The smallest absolute Gasteiger partial charge is 0.247 e. The van der Waals surface area contributed by atoms with E-state index in [1.165, 1.54) is 25.3 Å². The topological polar surface area (TPSA) is 80.5 Å². The summed E-state index contributed by atoms with van der Waals surface area (Å²) in [4.78, 5) is 14.8. The first kappa shape index (κ1) is 15.5. The summed E-state index contributed by atoms with van der Waals surface area (Å²) in [5.41, 5.74) is 0. The van der Waals surface area contributed by atoms with Crippen LogP contribution in [-0.4, -0.2) is 32.3 Å². The molecule has 1 fully saturated rings. The van der Waals surface area contributed by atoms with Gasteiger partial charge in [-0.3, -0.25) is 4.79 Å². The van der Waals surface area contributed by atoms with Crippen LogP contribution in [0.5, 0.6) is 0 Å². The first-order chi connectivity index (χ1) is 9.40. The summed E-state index contributed by atoms with van der Waals surface area (Å²) in [6.07, 6.45) is 3.93. The number of carbonyl (C=O) groups excluding carboxylic acids is 1. The summed E-state index contributed by atoms with van der Waals surface area (Å²) in [6, 6.07) is 3.13. The summed E-state index contributed by atoms with van der Waals surface area (Å²) in [5, 5.41) is 5.07. The molecule has 0 aliphatic heterocycles. The van der Waals surface area contributed by atoms with Crippen molar-refractivity contribution in [1.82, 2.24) is 4.90 Å². The predicted octanol–water partition coefficient (Wildman–Crippen LogP) is 1.59. The Balaban J connectivity index is 1.97. The van der Waals surface area contributed by atoms with Gasteiger partial charge in [0.05, 0.1) is 6.42 Å².